The predicted octanol–water partition coefficient (Wildman–Crippen LogP) is 2.96. The molecule has 8 heteroatoms. The fourth-order valence-corrected chi connectivity index (χ4v) is 3.26. The minimum absolute atomic E-state index is 0.0969. The van der Waals surface area contributed by atoms with Crippen molar-refractivity contribution >= 4 is 22.9 Å². The monoisotopic (exact) mass is 415 g/mol. The van der Waals surface area contributed by atoms with E-state index in [1.54, 1.807) is 30.3 Å². The largest absolute Gasteiger partial charge is 0.324 e. The van der Waals surface area contributed by atoms with Crippen LogP contribution in [-0.2, 0) is 17.8 Å². The Labute approximate surface area is 178 Å². The van der Waals surface area contributed by atoms with E-state index >= 15 is 0 Å². The molecule has 0 saturated carbocycles. The summed E-state index contributed by atoms with van der Waals surface area (Å²) >= 11 is 0. The summed E-state index contributed by atoms with van der Waals surface area (Å²) in [7, 11) is 0. The standard InChI is InChI=1S/C23H21N5O3/c1-3-16-7-9-17(10-8-16)20-12-21-23(31)27(24-14-28(21)26-20)13-22(30)25-19-6-4-5-18(11-19)15(2)29/h4-12,14H,3,13H2,1-2H3,(H,25,30). The lowest BCUT2D eigenvalue weighted by Crippen LogP contribution is -2.30. The molecule has 4 rings (SSSR count). The molecule has 0 aliphatic rings. The van der Waals surface area contributed by atoms with Gasteiger partial charge in [-0.1, -0.05) is 43.3 Å². The second kappa shape index (κ2) is 8.35. The molecule has 0 atom stereocenters. The molecule has 31 heavy (non-hydrogen) atoms. The van der Waals surface area contributed by atoms with Gasteiger partial charge in [0.15, 0.2) is 5.78 Å². The van der Waals surface area contributed by atoms with Crippen LogP contribution in [0.2, 0.25) is 0 Å². The molecule has 0 aliphatic heterocycles. The fourth-order valence-electron chi connectivity index (χ4n) is 3.26. The smallest absolute Gasteiger partial charge is 0.293 e. The molecule has 4 aromatic rings. The van der Waals surface area contributed by atoms with Gasteiger partial charge in [-0.2, -0.15) is 10.2 Å². The highest BCUT2D eigenvalue weighted by atomic mass is 16.2. The highest BCUT2D eigenvalue weighted by molar-refractivity contribution is 5.97. The Morgan fingerprint density at radius 1 is 1.06 bits per heavy atom. The zero-order valence-corrected chi connectivity index (χ0v) is 17.2. The lowest BCUT2D eigenvalue weighted by atomic mass is 10.1. The molecule has 0 aliphatic carbocycles. The maximum atomic E-state index is 12.8. The van der Waals surface area contributed by atoms with Crippen molar-refractivity contribution in [3.63, 3.8) is 0 Å². The quantitative estimate of drug-likeness (QED) is 0.488. The maximum Gasteiger partial charge on any atom is 0.293 e. The fraction of sp³-hybridized carbons (Fsp3) is 0.174. The summed E-state index contributed by atoms with van der Waals surface area (Å²) in [4.78, 5) is 36.7. The van der Waals surface area contributed by atoms with Gasteiger partial charge in [0.2, 0.25) is 5.91 Å². The van der Waals surface area contributed by atoms with Crippen molar-refractivity contribution in [2.24, 2.45) is 0 Å². The van der Waals surface area contributed by atoms with E-state index < -0.39 is 11.5 Å². The highest BCUT2D eigenvalue weighted by Crippen LogP contribution is 2.19. The molecule has 0 fully saturated rings. The lowest BCUT2D eigenvalue weighted by Gasteiger charge is -2.07. The molecule has 1 N–H and O–H groups in total. The van der Waals surface area contributed by atoms with Gasteiger partial charge in [0, 0.05) is 16.8 Å². The van der Waals surface area contributed by atoms with Crippen LogP contribution in [0.15, 0.2) is 65.7 Å². The van der Waals surface area contributed by atoms with Gasteiger partial charge >= 0.3 is 0 Å². The van der Waals surface area contributed by atoms with Gasteiger partial charge in [0.1, 0.15) is 18.4 Å². The summed E-state index contributed by atoms with van der Waals surface area (Å²) in [5, 5.41) is 11.2. The summed E-state index contributed by atoms with van der Waals surface area (Å²) in [6.07, 6.45) is 2.35. The van der Waals surface area contributed by atoms with E-state index in [2.05, 4.69) is 22.4 Å². The topological polar surface area (TPSA) is 98.4 Å². The SMILES string of the molecule is CCc1ccc(-c2cc3c(=O)n(CC(=O)Nc4cccc(C(C)=O)c4)ncn3n2)cc1. The number of aryl methyl sites for hydroxylation is 1. The Hall–Kier alpha value is -4.07. The molecule has 0 bridgehead atoms. The number of fused-ring (bicyclic) bond motifs is 1. The van der Waals surface area contributed by atoms with Crippen molar-refractivity contribution < 1.29 is 9.59 Å². The van der Waals surface area contributed by atoms with Crippen molar-refractivity contribution in [2.45, 2.75) is 26.8 Å². The van der Waals surface area contributed by atoms with Crippen LogP contribution >= 0.6 is 0 Å². The first-order valence-electron chi connectivity index (χ1n) is 9.90. The first-order chi connectivity index (χ1) is 14.9. The van der Waals surface area contributed by atoms with Crippen molar-refractivity contribution in [1.29, 1.82) is 0 Å². The average Bonchev–Trinajstić information content (AvgIpc) is 3.21. The predicted molar refractivity (Wildman–Crippen MR) is 117 cm³/mol. The molecule has 2 heterocycles. The number of benzene rings is 2. The number of ketones is 1. The molecule has 8 nitrogen and oxygen atoms in total. The molecular weight excluding hydrogens is 394 g/mol. The Morgan fingerprint density at radius 2 is 1.84 bits per heavy atom. The number of nitrogens with zero attached hydrogens (tertiary/aromatic N) is 4. The van der Waals surface area contributed by atoms with E-state index in [-0.39, 0.29) is 12.3 Å². The lowest BCUT2D eigenvalue weighted by molar-refractivity contribution is -0.117. The van der Waals surface area contributed by atoms with Crippen molar-refractivity contribution in [1.82, 2.24) is 19.4 Å². The summed E-state index contributed by atoms with van der Waals surface area (Å²) in [6.45, 7) is 3.28. The molecule has 0 unspecified atom stereocenters. The van der Waals surface area contributed by atoms with Crippen molar-refractivity contribution in [2.75, 3.05) is 5.32 Å². The van der Waals surface area contributed by atoms with Gasteiger partial charge in [-0.3, -0.25) is 14.4 Å². The van der Waals surface area contributed by atoms with E-state index in [0.717, 1.165) is 16.7 Å². The van der Waals surface area contributed by atoms with Crippen LogP contribution in [0.3, 0.4) is 0 Å². The number of hydrogen-bond acceptors (Lipinski definition) is 5. The van der Waals surface area contributed by atoms with Crippen LogP contribution < -0.4 is 10.9 Å². The molecule has 0 saturated heterocycles. The number of rotatable bonds is 6. The second-order valence-electron chi connectivity index (χ2n) is 7.19. The molecule has 2 aromatic carbocycles. The molecular formula is C23H21N5O3. The molecule has 1 amide bonds. The summed E-state index contributed by atoms with van der Waals surface area (Å²) < 4.78 is 2.50. The van der Waals surface area contributed by atoms with Gasteiger partial charge in [0.25, 0.3) is 5.56 Å². The Balaban J connectivity index is 1.56. The third kappa shape index (κ3) is 4.28. The number of amides is 1. The molecule has 0 radical (unpaired) electrons. The van der Waals surface area contributed by atoms with Gasteiger partial charge in [-0.15, -0.1) is 0 Å². The minimum atomic E-state index is -0.422. The van der Waals surface area contributed by atoms with Crippen LogP contribution in [0.1, 0.15) is 29.8 Å². The van der Waals surface area contributed by atoms with E-state index in [1.165, 1.54) is 23.3 Å². The van der Waals surface area contributed by atoms with Gasteiger partial charge < -0.3 is 5.32 Å². The first kappa shape index (κ1) is 20.2. The van der Waals surface area contributed by atoms with E-state index in [1.807, 2.05) is 24.3 Å². The normalized spacial score (nSPS) is 10.9. The first-order valence-corrected chi connectivity index (χ1v) is 9.90. The molecule has 156 valence electrons. The Morgan fingerprint density at radius 3 is 2.55 bits per heavy atom. The second-order valence-corrected chi connectivity index (χ2v) is 7.19. The third-order valence-electron chi connectivity index (χ3n) is 4.99. The number of aromatic nitrogens is 4. The van der Waals surface area contributed by atoms with Crippen LogP contribution in [0.4, 0.5) is 5.69 Å². The van der Waals surface area contributed by atoms with Crippen LogP contribution in [0.5, 0.6) is 0 Å². The van der Waals surface area contributed by atoms with Crippen LogP contribution in [0.25, 0.3) is 16.8 Å². The molecule has 2 aromatic heterocycles. The van der Waals surface area contributed by atoms with Crippen molar-refractivity contribution in [3.05, 3.63) is 82.4 Å². The number of nitrogens with one attached hydrogen (secondary N) is 1. The zero-order valence-electron chi connectivity index (χ0n) is 17.2. The summed E-state index contributed by atoms with van der Waals surface area (Å²) in [6, 6.07) is 16.3. The van der Waals surface area contributed by atoms with Crippen molar-refractivity contribution in [3.8, 4) is 11.3 Å². The average molecular weight is 415 g/mol. The number of hydrogen-bond donors (Lipinski definition) is 1. The minimum Gasteiger partial charge on any atom is -0.324 e. The van der Waals surface area contributed by atoms with E-state index in [4.69, 9.17) is 0 Å². The number of anilines is 1. The third-order valence-corrected chi connectivity index (χ3v) is 4.99. The van der Waals surface area contributed by atoms with E-state index in [0.29, 0.717) is 22.5 Å². The summed E-state index contributed by atoms with van der Waals surface area (Å²) in [5.41, 5.74) is 3.66. The number of carbonyl (C=O) groups excluding carboxylic acids is 2. The Bertz CT molecular complexity index is 1340. The number of carbonyl (C=O) groups is 2. The molecule has 0 spiro atoms. The summed E-state index contributed by atoms with van der Waals surface area (Å²) in [5.74, 6) is -0.519. The van der Waals surface area contributed by atoms with Gasteiger partial charge in [-0.05, 0) is 37.1 Å². The van der Waals surface area contributed by atoms with Gasteiger partial charge in [0.05, 0.1) is 5.69 Å². The van der Waals surface area contributed by atoms with Crippen LogP contribution in [-0.4, -0.2) is 31.1 Å². The maximum absolute atomic E-state index is 12.8. The highest BCUT2D eigenvalue weighted by Gasteiger charge is 2.13. The van der Waals surface area contributed by atoms with Crippen LogP contribution in [0, 0.1) is 0 Å². The zero-order chi connectivity index (χ0) is 22.0. The van der Waals surface area contributed by atoms with Gasteiger partial charge in [-0.25, -0.2) is 9.20 Å². The Kier molecular flexibility index (Phi) is 5.44. The number of Topliss-reactive ketones (excluding diaryl/α,β-unsaturated/α-hetero) is 1. The van der Waals surface area contributed by atoms with E-state index in [9.17, 15) is 14.4 Å².